The molecule has 0 spiro atoms. The molecule has 4 N–H and O–H groups in total. The van der Waals surface area contributed by atoms with Crippen molar-refractivity contribution in [1.82, 2.24) is 15.5 Å². The van der Waals surface area contributed by atoms with Crippen LogP contribution in [0.5, 0.6) is 0 Å². The Bertz CT molecular complexity index is 1160. The summed E-state index contributed by atoms with van der Waals surface area (Å²) in [6.45, 7) is 2.05. The van der Waals surface area contributed by atoms with E-state index in [1.165, 1.54) is 6.07 Å². The summed E-state index contributed by atoms with van der Waals surface area (Å²) < 4.78 is 5.48. The molecule has 34 heavy (non-hydrogen) atoms. The molecule has 1 aliphatic carbocycles. The van der Waals surface area contributed by atoms with Gasteiger partial charge in [0.2, 0.25) is 0 Å². The van der Waals surface area contributed by atoms with Crippen LogP contribution in [0.25, 0.3) is 11.1 Å². The molecule has 0 bridgehead atoms. The molecule has 1 heterocycles. The summed E-state index contributed by atoms with van der Waals surface area (Å²) in [5, 5.41) is 20.7. The highest BCUT2D eigenvalue weighted by Crippen LogP contribution is 2.44. The van der Waals surface area contributed by atoms with Gasteiger partial charge in [-0.15, -0.1) is 0 Å². The van der Waals surface area contributed by atoms with Gasteiger partial charge in [0.1, 0.15) is 12.3 Å². The van der Waals surface area contributed by atoms with Crippen LogP contribution in [0.1, 0.15) is 47.3 Å². The second-order valence-electron chi connectivity index (χ2n) is 8.15. The number of fused-ring (bicyclic) bond motifs is 3. The zero-order chi connectivity index (χ0) is 24.1. The predicted octanol–water partition coefficient (Wildman–Crippen LogP) is 4.00. The zero-order valence-corrected chi connectivity index (χ0v) is 18.7. The first-order chi connectivity index (χ1) is 16.5. The minimum atomic E-state index is -0.954. The summed E-state index contributed by atoms with van der Waals surface area (Å²) in [7, 11) is 0. The summed E-state index contributed by atoms with van der Waals surface area (Å²) in [4.78, 5) is 35.9. The van der Waals surface area contributed by atoms with Crippen LogP contribution in [0, 0.1) is 5.92 Å². The lowest BCUT2D eigenvalue weighted by molar-refractivity contribution is -0.141. The summed E-state index contributed by atoms with van der Waals surface area (Å²) in [6, 6.07) is 17.5. The Morgan fingerprint density at radius 2 is 1.74 bits per heavy atom. The van der Waals surface area contributed by atoms with Gasteiger partial charge in [-0.3, -0.25) is 20.0 Å². The average molecular weight is 463 g/mol. The van der Waals surface area contributed by atoms with Gasteiger partial charge in [0.25, 0.3) is 5.91 Å². The van der Waals surface area contributed by atoms with Gasteiger partial charge in [0.15, 0.2) is 5.82 Å². The van der Waals surface area contributed by atoms with Gasteiger partial charge in [-0.1, -0.05) is 61.9 Å². The third-order valence-electron chi connectivity index (χ3n) is 5.89. The molecule has 9 heteroatoms. The highest BCUT2D eigenvalue weighted by Gasteiger charge is 2.29. The summed E-state index contributed by atoms with van der Waals surface area (Å²) in [5.41, 5.74) is 4.60. The predicted molar refractivity (Wildman–Crippen MR) is 126 cm³/mol. The van der Waals surface area contributed by atoms with Gasteiger partial charge >= 0.3 is 12.1 Å². The average Bonchev–Trinajstić information content (AvgIpc) is 3.43. The van der Waals surface area contributed by atoms with Gasteiger partial charge in [-0.25, -0.2) is 4.79 Å². The number of ether oxygens (including phenoxy) is 1. The van der Waals surface area contributed by atoms with E-state index in [1.807, 2.05) is 43.3 Å². The van der Waals surface area contributed by atoms with Crippen molar-refractivity contribution in [3.8, 4) is 11.1 Å². The van der Waals surface area contributed by atoms with Crippen molar-refractivity contribution in [1.29, 1.82) is 0 Å². The molecule has 2 amide bonds. The van der Waals surface area contributed by atoms with E-state index in [9.17, 15) is 19.5 Å². The van der Waals surface area contributed by atoms with E-state index in [4.69, 9.17) is 4.74 Å². The maximum Gasteiger partial charge on any atom is 0.412 e. The Hall–Kier alpha value is -4.14. The lowest BCUT2D eigenvalue weighted by atomic mass is 9.98. The Morgan fingerprint density at radius 3 is 2.35 bits per heavy atom. The second kappa shape index (κ2) is 10.2. The Morgan fingerprint density at radius 1 is 1.09 bits per heavy atom. The van der Waals surface area contributed by atoms with Crippen LogP contribution in [0.3, 0.4) is 0 Å². The fraction of sp³-hybridized carbons (Fsp3) is 0.280. The van der Waals surface area contributed by atoms with E-state index < -0.39 is 23.9 Å². The number of carboxylic acids is 1. The lowest BCUT2D eigenvalue weighted by Gasteiger charge is -2.14. The van der Waals surface area contributed by atoms with Crippen LogP contribution in [-0.2, 0) is 9.53 Å². The zero-order valence-electron chi connectivity index (χ0n) is 18.7. The largest absolute Gasteiger partial charge is 0.481 e. The molecule has 2 aromatic carbocycles. The molecule has 0 radical (unpaired) electrons. The normalized spacial score (nSPS) is 13.0. The number of hydrogen-bond acceptors (Lipinski definition) is 5. The van der Waals surface area contributed by atoms with Crippen molar-refractivity contribution in [3.63, 3.8) is 0 Å². The summed E-state index contributed by atoms with van der Waals surface area (Å²) in [6.07, 6.45) is 0.479. The van der Waals surface area contributed by atoms with Crippen molar-refractivity contribution in [2.75, 3.05) is 18.5 Å². The van der Waals surface area contributed by atoms with Crippen molar-refractivity contribution in [2.24, 2.45) is 5.92 Å². The van der Waals surface area contributed by atoms with Crippen LogP contribution in [0.15, 0.2) is 54.6 Å². The van der Waals surface area contributed by atoms with Crippen molar-refractivity contribution in [2.45, 2.75) is 25.7 Å². The number of carbonyl (C=O) groups is 3. The van der Waals surface area contributed by atoms with Crippen molar-refractivity contribution in [3.05, 3.63) is 71.4 Å². The first kappa shape index (κ1) is 23.0. The molecular weight excluding hydrogens is 436 g/mol. The first-order valence-electron chi connectivity index (χ1n) is 11.2. The van der Waals surface area contributed by atoms with Gasteiger partial charge in [-0.05, 0) is 28.7 Å². The minimum absolute atomic E-state index is 0.0101. The number of carbonyl (C=O) groups excluding carboxylic acids is 2. The van der Waals surface area contributed by atoms with E-state index in [0.717, 1.165) is 22.3 Å². The maximum absolute atomic E-state index is 12.4. The molecule has 4 rings (SSSR count). The molecule has 1 unspecified atom stereocenters. The van der Waals surface area contributed by atoms with E-state index in [2.05, 4.69) is 33.0 Å². The highest BCUT2D eigenvalue weighted by molar-refractivity contribution is 5.94. The third kappa shape index (κ3) is 4.93. The van der Waals surface area contributed by atoms with Crippen molar-refractivity contribution >= 4 is 23.8 Å². The van der Waals surface area contributed by atoms with Gasteiger partial charge in [-0.2, -0.15) is 5.10 Å². The smallest absolute Gasteiger partial charge is 0.412 e. The number of carboxylic acid groups (broad SMARTS) is 1. The summed E-state index contributed by atoms with van der Waals surface area (Å²) in [5.74, 6) is -2.05. The van der Waals surface area contributed by atoms with E-state index in [-0.39, 0.29) is 30.6 Å². The number of H-pyrrole nitrogens is 1. The Labute approximate surface area is 196 Å². The first-order valence-corrected chi connectivity index (χ1v) is 11.2. The topological polar surface area (TPSA) is 133 Å². The molecule has 176 valence electrons. The molecule has 0 fully saturated rings. The fourth-order valence-corrected chi connectivity index (χ4v) is 4.21. The molecule has 3 aromatic rings. The lowest BCUT2D eigenvalue weighted by Crippen LogP contribution is -2.33. The number of hydrogen-bond donors (Lipinski definition) is 4. The standard InChI is InChI=1S/C25H26N4O5/c1-2-7-15(24(31)32)13-26-23(30)21-12-22(29-28-21)27-25(33)34-14-20-18-10-5-3-8-16(18)17-9-4-6-11-19(17)20/h3-6,8-12,15,20H,2,7,13-14H2,1H3,(H,26,30)(H,31,32)(H2,27,28,29,33). The van der Waals surface area contributed by atoms with Gasteiger partial charge in [0, 0.05) is 18.5 Å². The van der Waals surface area contributed by atoms with Crippen LogP contribution >= 0.6 is 0 Å². The Kier molecular flexibility index (Phi) is 6.91. The van der Waals surface area contributed by atoms with Crippen LogP contribution in [-0.4, -0.2) is 46.4 Å². The van der Waals surface area contributed by atoms with Gasteiger partial charge < -0.3 is 15.2 Å². The Balaban J connectivity index is 1.33. The number of nitrogens with one attached hydrogen (secondary N) is 3. The number of benzene rings is 2. The molecule has 0 saturated heterocycles. The van der Waals surface area contributed by atoms with Crippen LogP contribution in [0.2, 0.25) is 0 Å². The van der Waals surface area contributed by atoms with E-state index >= 15 is 0 Å². The quantitative estimate of drug-likeness (QED) is 0.380. The number of aromatic amines is 1. The molecule has 1 aliphatic rings. The van der Waals surface area contributed by atoms with Crippen LogP contribution < -0.4 is 10.6 Å². The number of amides is 2. The molecule has 0 aliphatic heterocycles. The number of aliphatic carboxylic acids is 1. The molecule has 9 nitrogen and oxygen atoms in total. The third-order valence-corrected chi connectivity index (χ3v) is 5.89. The SMILES string of the molecule is CCCC(CNC(=O)c1cc(NC(=O)OCC2c3ccccc3-c3ccccc32)n[nH]1)C(=O)O. The minimum Gasteiger partial charge on any atom is -0.481 e. The van der Waals surface area contributed by atoms with Crippen LogP contribution in [0.4, 0.5) is 10.6 Å². The molecule has 0 saturated carbocycles. The maximum atomic E-state index is 12.4. The summed E-state index contributed by atoms with van der Waals surface area (Å²) >= 11 is 0. The fourth-order valence-electron chi connectivity index (χ4n) is 4.21. The second-order valence-corrected chi connectivity index (χ2v) is 8.15. The molecular formula is C25H26N4O5. The number of nitrogens with zero attached hydrogens (tertiary/aromatic N) is 1. The van der Waals surface area contributed by atoms with Gasteiger partial charge in [0.05, 0.1) is 5.92 Å². The molecule has 1 atom stereocenters. The van der Waals surface area contributed by atoms with E-state index in [1.54, 1.807) is 0 Å². The number of anilines is 1. The van der Waals surface area contributed by atoms with E-state index in [0.29, 0.717) is 12.8 Å². The highest BCUT2D eigenvalue weighted by atomic mass is 16.5. The monoisotopic (exact) mass is 462 g/mol. The number of aromatic nitrogens is 2. The molecule has 1 aromatic heterocycles. The van der Waals surface area contributed by atoms with Crippen molar-refractivity contribution < 1.29 is 24.2 Å². The number of rotatable bonds is 9.